The molecular formula is C20H24N2O3. The largest absolute Gasteiger partial charge is 0.392 e. The highest BCUT2D eigenvalue weighted by atomic mass is 16.3. The number of rotatable bonds is 6. The molecule has 2 aromatic carbocycles. The molecule has 2 aromatic rings. The van der Waals surface area contributed by atoms with Gasteiger partial charge in [-0.2, -0.15) is 0 Å². The van der Waals surface area contributed by atoms with Gasteiger partial charge < -0.3 is 15.3 Å². The van der Waals surface area contributed by atoms with Crippen molar-refractivity contribution in [2.45, 2.75) is 32.9 Å². The summed E-state index contributed by atoms with van der Waals surface area (Å²) < 4.78 is 0. The van der Waals surface area contributed by atoms with Crippen LogP contribution in [0.5, 0.6) is 0 Å². The zero-order chi connectivity index (χ0) is 18.4. The Hall–Kier alpha value is -2.66. The number of hydrogen-bond donors (Lipinski definition) is 2. The normalized spacial score (nSPS) is 11.9. The fourth-order valence-corrected chi connectivity index (χ4v) is 2.50. The summed E-state index contributed by atoms with van der Waals surface area (Å²) in [7, 11) is 0. The molecule has 0 fully saturated rings. The molecule has 0 saturated heterocycles. The van der Waals surface area contributed by atoms with Crippen LogP contribution in [-0.2, 0) is 0 Å². The molecule has 2 rings (SSSR count). The zero-order valence-corrected chi connectivity index (χ0v) is 14.8. The molecule has 5 nitrogen and oxygen atoms in total. The maximum atomic E-state index is 12.5. The smallest absolute Gasteiger partial charge is 0.322 e. The van der Waals surface area contributed by atoms with Gasteiger partial charge in [0.05, 0.1) is 6.10 Å². The molecule has 25 heavy (non-hydrogen) atoms. The summed E-state index contributed by atoms with van der Waals surface area (Å²) in [4.78, 5) is 26.5. The maximum Gasteiger partial charge on any atom is 0.322 e. The number of ketones is 1. The van der Waals surface area contributed by atoms with Crippen molar-refractivity contribution in [2.75, 3.05) is 11.9 Å². The van der Waals surface area contributed by atoms with E-state index in [4.69, 9.17) is 0 Å². The molecule has 1 atom stereocenters. The Morgan fingerprint density at radius 3 is 2.24 bits per heavy atom. The number of aliphatic hydroxyl groups is 1. The van der Waals surface area contributed by atoms with Gasteiger partial charge in [0, 0.05) is 29.4 Å². The van der Waals surface area contributed by atoms with Gasteiger partial charge in [0.25, 0.3) is 0 Å². The Morgan fingerprint density at radius 1 is 1.00 bits per heavy atom. The second kappa shape index (κ2) is 8.44. The monoisotopic (exact) mass is 340 g/mol. The van der Waals surface area contributed by atoms with Crippen LogP contribution < -0.4 is 5.32 Å². The minimum atomic E-state index is -0.612. The van der Waals surface area contributed by atoms with E-state index in [0.29, 0.717) is 16.8 Å². The maximum absolute atomic E-state index is 12.5. The zero-order valence-electron chi connectivity index (χ0n) is 14.8. The van der Waals surface area contributed by atoms with Crippen LogP contribution in [0.3, 0.4) is 0 Å². The first-order valence-electron chi connectivity index (χ1n) is 8.34. The van der Waals surface area contributed by atoms with Gasteiger partial charge in [0.2, 0.25) is 0 Å². The van der Waals surface area contributed by atoms with Crippen LogP contribution >= 0.6 is 0 Å². The number of carbonyl (C=O) groups excluding carboxylic acids is 2. The fourth-order valence-electron chi connectivity index (χ4n) is 2.50. The van der Waals surface area contributed by atoms with E-state index in [9.17, 15) is 14.7 Å². The first-order chi connectivity index (χ1) is 11.9. The van der Waals surface area contributed by atoms with Gasteiger partial charge >= 0.3 is 6.03 Å². The molecule has 0 radical (unpaired) electrons. The second-order valence-electron chi connectivity index (χ2n) is 6.30. The van der Waals surface area contributed by atoms with Crippen LogP contribution in [0.25, 0.3) is 0 Å². The van der Waals surface area contributed by atoms with E-state index in [2.05, 4.69) is 5.32 Å². The summed E-state index contributed by atoms with van der Waals surface area (Å²) in [5.74, 6) is -0.0959. The highest BCUT2D eigenvalue weighted by molar-refractivity contribution is 6.09. The fraction of sp³-hybridized carbons (Fsp3) is 0.300. The number of carbonyl (C=O) groups is 2. The van der Waals surface area contributed by atoms with Crippen molar-refractivity contribution >= 4 is 17.5 Å². The quantitative estimate of drug-likeness (QED) is 0.790. The van der Waals surface area contributed by atoms with Crippen LogP contribution in [0.15, 0.2) is 54.6 Å². The second-order valence-corrected chi connectivity index (χ2v) is 6.30. The number of nitrogens with one attached hydrogen (secondary N) is 1. The number of urea groups is 1. The number of benzene rings is 2. The third-order valence-corrected chi connectivity index (χ3v) is 3.76. The minimum Gasteiger partial charge on any atom is -0.392 e. The molecule has 2 N–H and O–H groups in total. The van der Waals surface area contributed by atoms with E-state index in [1.165, 1.54) is 0 Å². The molecule has 1 unspecified atom stereocenters. The molecule has 0 saturated carbocycles. The SMILES string of the molecule is CC(O)CN(C(=O)Nc1cccc(C(=O)c2ccccc2)c1)C(C)C. The van der Waals surface area contributed by atoms with Crippen LogP contribution in [0.2, 0.25) is 0 Å². The van der Waals surface area contributed by atoms with Gasteiger partial charge in [-0.15, -0.1) is 0 Å². The van der Waals surface area contributed by atoms with Crippen molar-refractivity contribution < 1.29 is 14.7 Å². The summed E-state index contributed by atoms with van der Waals surface area (Å²) in [5, 5.41) is 12.4. The van der Waals surface area contributed by atoms with Crippen molar-refractivity contribution in [3.63, 3.8) is 0 Å². The standard InChI is InChI=1S/C20H24N2O3/c1-14(2)22(13-15(3)23)20(25)21-18-11-7-10-17(12-18)19(24)16-8-5-4-6-9-16/h4-12,14-15,23H,13H2,1-3H3,(H,21,25). The van der Waals surface area contributed by atoms with E-state index >= 15 is 0 Å². The number of nitrogens with zero attached hydrogens (tertiary/aromatic N) is 1. The van der Waals surface area contributed by atoms with Crippen LogP contribution in [-0.4, -0.2) is 40.5 Å². The lowest BCUT2D eigenvalue weighted by Gasteiger charge is -2.28. The summed E-state index contributed by atoms with van der Waals surface area (Å²) in [6.45, 7) is 5.66. The van der Waals surface area contributed by atoms with Gasteiger partial charge in [-0.1, -0.05) is 42.5 Å². The number of aliphatic hydroxyl groups excluding tert-OH is 1. The molecule has 0 aliphatic rings. The minimum absolute atomic E-state index is 0.0521. The average molecular weight is 340 g/mol. The van der Waals surface area contributed by atoms with E-state index in [1.807, 2.05) is 32.0 Å². The number of amides is 2. The van der Waals surface area contributed by atoms with Gasteiger partial charge in [-0.25, -0.2) is 4.79 Å². The Balaban J connectivity index is 2.16. The third-order valence-electron chi connectivity index (χ3n) is 3.76. The molecule has 0 aromatic heterocycles. The summed E-state index contributed by atoms with van der Waals surface area (Å²) in [6, 6.07) is 15.5. The lowest BCUT2D eigenvalue weighted by atomic mass is 10.0. The van der Waals surface area contributed by atoms with E-state index < -0.39 is 6.10 Å². The van der Waals surface area contributed by atoms with Crippen LogP contribution in [0.4, 0.5) is 10.5 Å². The van der Waals surface area contributed by atoms with Gasteiger partial charge in [0.15, 0.2) is 5.78 Å². The van der Waals surface area contributed by atoms with Crippen molar-refractivity contribution in [2.24, 2.45) is 0 Å². The highest BCUT2D eigenvalue weighted by Crippen LogP contribution is 2.16. The molecule has 2 amide bonds. The topological polar surface area (TPSA) is 69.6 Å². The van der Waals surface area contributed by atoms with Crippen molar-refractivity contribution in [3.8, 4) is 0 Å². The number of anilines is 1. The van der Waals surface area contributed by atoms with E-state index in [-0.39, 0.29) is 24.4 Å². The Bertz CT molecular complexity index is 727. The molecular weight excluding hydrogens is 316 g/mol. The molecule has 0 aliphatic heterocycles. The molecule has 0 spiro atoms. The predicted molar refractivity (Wildman–Crippen MR) is 98.9 cm³/mol. The third kappa shape index (κ3) is 5.16. The van der Waals surface area contributed by atoms with Gasteiger partial charge in [0.1, 0.15) is 0 Å². The highest BCUT2D eigenvalue weighted by Gasteiger charge is 2.19. The molecule has 132 valence electrons. The lowest BCUT2D eigenvalue weighted by Crippen LogP contribution is -2.43. The Labute approximate surface area is 148 Å². The summed E-state index contributed by atoms with van der Waals surface area (Å²) in [5.41, 5.74) is 1.66. The first-order valence-corrected chi connectivity index (χ1v) is 8.34. The molecule has 0 bridgehead atoms. The van der Waals surface area contributed by atoms with Crippen LogP contribution in [0, 0.1) is 0 Å². The molecule has 0 aliphatic carbocycles. The molecule has 5 heteroatoms. The van der Waals surface area contributed by atoms with Crippen molar-refractivity contribution in [1.29, 1.82) is 0 Å². The molecule has 0 heterocycles. The van der Waals surface area contributed by atoms with Crippen molar-refractivity contribution in [1.82, 2.24) is 4.90 Å². The summed E-state index contributed by atoms with van der Waals surface area (Å²) >= 11 is 0. The Kier molecular flexibility index (Phi) is 6.31. The first kappa shape index (κ1) is 18.7. The predicted octanol–water partition coefficient (Wildman–Crippen LogP) is 3.54. The van der Waals surface area contributed by atoms with Crippen LogP contribution in [0.1, 0.15) is 36.7 Å². The number of hydrogen-bond acceptors (Lipinski definition) is 3. The summed E-state index contributed by atoms with van der Waals surface area (Å²) in [6.07, 6.45) is -0.612. The van der Waals surface area contributed by atoms with E-state index in [1.54, 1.807) is 48.2 Å². The average Bonchev–Trinajstić information content (AvgIpc) is 2.59. The lowest BCUT2D eigenvalue weighted by molar-refractivity contribution is 0.103. The van der Waals surface area contributed by atoms with Gasteiger partial charge in [-0.3, -0.25) is 4.79 Å². The van der Waals surface area contributed by atoms with Crippen molar-refractivity contribution in [3.05, 3.63) is 65.7 Å². The van der Waals surface area contributed by atoms with E-state index in [0.717, 1.165) is 0 Å². The Morgan fingerprint density at radius 2 is 1.64 bits per heavy atom. The van der Waals surface area contributed by atoms with Gasteiger partial charge in [-0.05, 0) is 32.9 Å².